The van der Waals surface area contributed by atoms with E-state index in [0.717, 1.165) is 24.8 Å². The SMILES string of the molecule is CCCCC(C)C/C=C/[C@@H]1[C@@H](C/C(C)=C\CCC(O)(O)C(=O)O)CC[C@H]1F. The third-order valence-electron chi connectivity index (χ3n) is 5.63. The second-order valence-electron chi connectivity index (χ2n) is 8.26. The Labute approximate surface area is 163 Å². The minimum atomic E-state index is -2.69. The van der Waals surface area contributed by atoms with Crippen LogP contribution in [0.3, 0.4) is 0 Å². The molecule has 0 saturated heterocycles. The number of aliphatic hydroxyl groups is 2. The van der Waals surface area contributed by atoms with Crippen LogP contribution in [0.25, 0.3) is 0 Å². The van der Waals surface area contributed by atoms with Crippen LogP contribution in [0, 0.1) is 17.8 Å². The van der Waals surface area contributed by atoms with E-state index in [2.05, 4.69) is 26.0 Å². The number of carboxylic acids is 1. The Balaban J connectivity index is 2.52. The number of hydrogen-bond acceptors (Lipinski definition) is 3. The van der Waals surface area contributed by atoms with E-state index in [9.17, 15) is 19.4 Å². The summed E-state index contributed by atoms with van der Waals surface area (Å²) in [5, 5.41) is 27.4. The summed E-state index contributed by atoms with van der Waals surface area (Å²) in [5.74, 6) is -3.49. The summed E-state index contributed by atoms with van der Waals surface area (Å²) in [6, 6.07) is 0. The van der Waals surface area contributed by atoms with Crippen molar-refractivity contribution < 1.29 is 24.5 Å². The Morgan fingerprint density at radius 1 is 1.33 bits per heavy atom. The molecule has 0 aromatic heterocycles. The molecule has 0 heterocycles. The molecule has 0 bridgehead atoms. The quantitative estimate of drug-likeness (QED) is 0.327. The standard InChI is InChI=1S/C22H37FO4/c1-4-5-8-16(2)9-6-11-19-18(12-13-20(19)23)15-17(3)10-7-14-22(26,27)21(24)25/h6,10-11,16,18-20,26-27H,4-5,7-9,12-15H2,1-3H3,(H,24,25)/b11-6+,17-10-/t16?,18-,19-,20-/m1/s1. The number of unbranched alkanes of at least 4 members (excludes halogenated alkanes) is 1. The highest BCUT2D eigenvalue weighted by atomic mass is 19.1. The number of hydrogen-bond donors (Lipinski definition) is 3. The second-order valence-corrected chi connectivity index (χ2v) is 8.26. The number of carboxylic acid groups (broad SMARTS) is 1. The highest BCUT2D eigenvalue weighted by molar-refractivity contribution is 5.74. The number of aliphatic carboxylic acids is 1. The minimum Gasteiger partial charge on any atom is -0.477 e. The van der Waals surface area contributed by atoms with E-state index in [4.69, 9.17) is 5.11 Å². The molecule has 3 N–H and O–H groups in total. The molecule has 1 aliphatic carbocycles. The van der Waals surface area contributed by atoms with Crippen molar-refractivity contribution in [2.75, 3.05) is 0 Å². The van der Waals surface area contributed by atoms with E-state index >= 15 is 0 Å². The fourth-order valence-electron chi connectivity index (χ4n) is 3.83. The van der Waals surface area contributed by atoms with Crippen molar-refractivity contribution in [2.24, 2.45) is 17.8 Å². The van der Waals surface area contributed by atoms with E-state index in [0.29, 0.717) is 12.3 Å². The molecule has 27 heavy (non-hydrogen) atoms. The molecule has 5 heteroatoms. The maximum Gasteiger partial charge on any atom is 0.364 e. The van der Waals surface area contributed by atoms with Crippen LogP contribution in [-0.2, 0) is 4.79 Å². The van der Waals surface area contributed by atoms with Gasteiger partial charge in [-0.05, 0) is 50.9 Å². The molecule has 0 radical (unpaired) electrons. The fraction of sp³-hybridized carbons (Fsp3) is 0.773. The zero-order chi connectivity index (χ0) is 20.4. The van der Waals surface area contributed by atoms with Gasteiger partial charge in [-0.25, -0.2) is 9.18 Å². The highest BCUT2D eigenvalue weighted by Crippen LogP contribution is 2.39. The third-order valence-corrected chi connectivity index (χ3v) is 5.63. The number of carbonyl (C=O) groups is 1. The van der Waals surface area contributed by atoms with Crippen LogP contribution in [-0.4, -0.2) is 33.2 Å². The molecular weight excluding hydrogens is 347 g/mol. The van der Waals surface area contributed by atoms with Crippen LogP contribution in [0.15, 0.2) is 23.8 Å². The first-order valence-electron chi connectivity index (χ1n) is 10.3. The van der Waals surface area contributed by atoms with Crippen molar-refractivity contribution in [3.05, 3.63) is 23.8 Å². The van der Waals surface area contributed by atoms with Crippen molar-refractivity contribution in [3.8, 4) is 0 Å². The summed E-state index contributed by atoms with van der Waals surface area (Å²) in [6.45, 7) is 6.37. The predicted octanol–water partition coefficient (Wildman–Crippen LogP) is 5.01. The van der Waals surface area contributed by atoms with Crippen LogP contribution in [0.1, 0.15) is 78.6 Å². The Kier molecular flexibility index (Phi) is 10.2. The van der Waals surface area contributed by atoms with Crippen LogP contribution < -0.4 is 0 Å². The molecule has 0 aromatic rings. The van der Waals surface area contributed by atoms with Gasteiger partial charge in [-0.3, -0.25) is 0 Å². The third kappa shape index (κ3) is 8.56. The largest absolute Gasteiger partial charge is 0.477 e. The first-order chi connectivity index (χ1) is 12.7. The molecule has 156 valence electrons. The summed E-state index contributed by atoms with van der Waals surface area (Å²) in [6.07, 6.45) is 12.1. The second kappa shape index (κ2) is 11.6. The van der Waals surface area contributed by atoms with Crippen LogP contribution in [0.4, 0.5) is 4.39 Å². The molecule has 0 amide bonds. The zero-order valence-electron chi connectivity index (χ0n) is 17.0. The van der Waals surface area contributed by atoms with Crippen LogP contribution in [0.5, 0.6) is 0 Å². The van der Waals surface area contributed by atoms with Crippen LogP contribution >= 0.6 is 0 Å². The van der Waals surface area contributed by atoms with Gasteiger partial charge in [0.1, 0.15) is 6.17 Å². The van der Waals surface area contributed by atoms with E-state index in [1.165, 1.54) is 19.3 Å². The molecule has 1 rings (SSSR count). The van der Waals surface area contributed by atoms with Gasteiger partial charge in [-0.15, -0.1) is 0 Å². The molecular formula is C22H37FO4. The number of allylic oxidation sites excluding steroid dienone is 4. The van der Waals surface area contributed by atoms with Gasteiger partial charge in [-0.2, -0.15) is 0 Å². The Morgan fingerprint density at radius 3 is 2.67 bits per heavy atom. The Morgan fingerprint density at radius 2 is 2.04 bits per heavy atom. The summed E-state index contributed by atoms with van der Waals surface area (Å²) >= 11 is 0. The first kappa shape index (κ1) is 23.8. The van der Waals surface area contributed by atoms with E-state index in [1.807, 2.05) is 13.0 Å². The van der Waals surface area contributed by atoms with E-state index in [-0.39, 0.29) is 24.7 Å². The normalized spacial score (nSPS) is 25.3. The molecule has 0 aliphatic heterocycles. The van der Waals surface area contributed by atoms with Crippen molar-refractivity contribution in [2.45, 2.75) is 90.5 Å². The number of halogens is 1. The smallest absolute Gasteiger partial charge is 0.364 e. The lowest BCUT2D eigenvalue weighted by Gasteiger charge is -2.19. The summed E-state index contributed by atoms with van der Waals surface area (Å²) in [7, 11) is 0. The summed E-state index contributed by atoms with van der Waals surface area (Å²) < 4.78 is 14.3. The lowest BCUT2D eigenvalue weighted by atomic mass is 9.88. The number of rotatable bonds is 12. The molecule has 4 nitrogen and oxygen atoms in total. The first-order valence-corrected chi connectivity index (χ1v) is 10.3. The fourth-order valence-corrected chi connectivity index (χ4v) is 3.83. The maximum atomic E-state index is 14.3. The lowest BCUT2D eigenvalue weighted by Crippen LogP contribution is -2.37. The molecule has 1 fully saturated rings. The monoisotopic (exact) mass is 384 g/mol. The van der Waals surface area contributed by atoms with Crippen molar-refractivity contribution in [1.29, 1.82) is 0 Å². The van der Waals surface area contributed by atoms with Crippen LogP contribution in [0.2, 0.25) is 0 Å². The van der Waals surface area contributed by atoms with Gasteiger partial charge >= 0.3 is 5.97 Å². The van der Waals surface area contributed by atoms with Gasteiger partial charge in [0.25, 0.3) is 5.79 Å². The van der Waals surface area contributed by atoms with Crippen molar-refractivity contribution in [1.82, 2.24) is 0 Å². The average molecular weight is 385 g/mol. The highest BCUT2D eigenvalue weighted by Gasteiger charge is 2.34. The minimum absolute atomic E-state index is 0.0551. The molecule has 0 spiro atoms. The topological polar surface area (TPSA) is 77.8 Å². The van der Waals surface area contributed by atoms with E-state index < -0.39 is 17.9 Å². The van der Waals surface area contributed by atoms with Crippen molar-refractivity contribution >= 4 is 5.97 Å². The van der Waals surface area contributed by atoms with Gasteiger partial charge in [0.2, 0.25) is 0 Å². The Bertz CT molecular complexity index is 512. The molecule has 1 saturated carbocycles. The molecule has 4 atom stereocenters. The number of alkyl halides is 1. The maximum absolute atomic E-state index is 14.3. The zero-order valence-corrected chi connectivity index (χ0v) is 17.0. The average Bonchev–Trinajstić information content (AvgIpc) is 2.92. The predicted molar refractivity (Wildman–Crippen MR) is 106 cm³/mol. The summed E-state index contributed by atoms with van der Waals surface area (Å²) in [4.78, 5) is 10.7. The lowest BCUT2D eigenvalue weighted by molar-refractivity contribution is -0.205. The summed E-state index contributed by atoms with van der Waals surface area (Å²) in [5.41, 5.74) is 1.05. The van der Waals surface area contributed by atoms with Gasteiger partial charge in [0.15, 0.2) is 0 Å². The van der Waals surface area contributed by atoms with Gasteiger partial charge < -0.3 is 15.3 Å². The van der Waals surface area contributed by atoms with E-state index in [1.54, 1.807) is 0 Å². The molecule has 1 unspecified atom stereocenters. The van der Waals surface area contributed by atoms with Gasteiger partial charge in [0, 0.05) is 12.3 Å². The molecule has 0 aromatic carbocycles. The van der Waals surface area contributed by atoms with Gasteiger partial charge in [0.05, 0.1) is 0 Å². The van der Waals surface area contributed by atoms with Crippen molar-refractivity contribution in [3.63, 3.8) is 0 Å². The molecule has 1 aliphatic rings. The Hall–Kier alpha value is -1.20. The van der Waals surface area contributed by atoms with Gasteiger partial charge in [-0.1, -0.05) is 56.9 Å².